The van der Waals surface area contributed by atoms with Crippen molar-refractivity contribution in [2.24, 2.45) is 10.2 Å². The molecule has 1 aliphatic rings. The molecule has 2 aromatic carbocycles. The standard InChI is InChI=1S/C17H15N3O3/c1-16(2)19-20-17(23-16,21-14-6-4-3-5-7-14)22-15-10-8-13(12-18)9-11-15/h3-11H,1-2H3. The average molecular weight is 309 g/mol. The van der Waals surface area contributed by atoms with E-state index in [9.17, 15) is 0 Å². The van der Waals surface area contributed by atoms with E-state index < -0.39 is 11.8 Å². The Kier molecular flexibility index (Phi) is 3.72. The first-order valence-electron chi connectivity index (χ1n) is 7.08. The minimum Gasteiger partial charge on any atom is -0.410 e. The molecule has 23 heavy (non-hydrogen) atoms. The van der Waals surface area contributed by atoms with Crippen molar-refractivity contribution in [3.8, 4) is 17.6 Å². The Labute approximate surface area is 133 Å². The number of nitrogens with zero attached hydrogens (tertiary/aromatic N) is 3. The van der Waals surface area contributed by atoms with E-state index in [1.807, 2.05) is 18.2 Å². The van der Waals surface area contributed by atoms with Gasteiger partial charge in [0.15, 0.2) is 5.72 Å². The Bertz CT molecular complexity index is 751. The van der Waals surface area contributed by atoms with Gasteiger partial charge in [0.1, 0.15) is 11.5 Å². The third kappa shape index (κ3) is 3.47. The maximum absolute atomic E-state index is 8.85. The van der Waals surface area contributed by atoms with Crippen LogP contribution in [-0.4, -0.2) is 11.8 Å². The average Bonchev–Trinajstić information content (AvgIpc) is 2.84. The van der Waals surface area contributed by atoms with Crippen molar-refractivity contribution >= 4 is 0 Å². The first-order chi connectivity index (χ1) is 11.0. The van der Waals surface area contributed by atoms with Crippen molar-refractivity contribution in [3.05, 3.63) is 60.2 Å². The molecule has 6 nitrogen and oxygen atoms in total. The summed E-state index contributed by atoms with van der Waals surface area (Å²) in [6, 6.07) is 17.7. The maximum atomic E-state index is 8.85. The fourth-order valence-corrected chi connectivity index (χ4v) is 2.03. The summed E-state index contributed by atoms with van der Waals surface area (Å²) in [6.45, 7) is 3.52. The minimum absolute atomic E-state index is 0.455. The molecule has 6 heteroatoms. The zero-order chi connectivity index (χ0) is 16.3. The molecule has 2 aromatic rings. The van der Waals surface area contributed by atoms with Gasteiger partial charge in [-0.2, -0.15) is 5.26 Å². The predicted octanol–water partition coefficient (Wildman–Crippen LogP) is 3.85. The second-order valence-electron chi connectivity index (χ2n) is 5.43. The van der Waals surface area contributed by atoms with Gasteiger partial charge in [0.25, 0.3) is 0 Å². The fourth-order valence-electron chi connectivity index (χ4n) is 2.03. The molecule has 0 saturated heterocycles. The van der Waals surface area contributed by atoms with Gasteiger partial charge in [-0.1, -0.05) is 23.3 Å². The number of hydrogen-bond acceptors (Lipinski definition) is 6. The zero-order valence-electron chi connectivity index (χ0n) is 12.8. The molecule has 1 atom stereocenters. The lowest BCUT2D eigenvalue weighted by atomic mass is 10.2. The van der Waals surface area contributed by atoms with Crippen LogP contribution in [0.2, 0.25) is 0 Å². The summed E-state index contributed by atoms with van der Waals surface area (Å²) in [7, 11) is 0. The molecule has 1 unspecified atom stereocenters. The van der Waals surface area contributed by atoms with Crippen molar-refractivity contribution in [3.63, 3.8) is 0 Å². The van der Waals surface area contributed by atoms with Gasteiger partial charge < -0.3 is 9.47 Å². The highest BCUT2D eigenvalue weighted by atomic mass is 16.9. The number of azo groups is 1. The van der Waals surface area contributed by atoms with Gasteiger partial charge in [-0.3, -0.25) is 4.74 Å². The molecule has 0 spiro atoms. The molecule has 0 aromatic heterocycles. The minimum atomic E-state index is -1.70. The highest BCUT2D eigenvalue weighted by Gasteiger charge is 2.49. The molecule has 0 bridgehead atoms. The Morgan fingerprint density at radius 1 is 0.913 bits per heavy atom. The lowest BCUT2D eigenvalue weighted by molar-refractivity contribution is -0.310. The fraction of sp³-hybridized carbons (Fsp3) is 0.235. The van der Waals surface area contributed by atoms with E-state index >= 15 is 0 Å². The van der Waals surface area contributed by atoms with E-state index in [4.69, 9.17) is 19.5 Å². The zero-order valence-corrected chi connectivity index (χ0v) is 12.8. The number of ether oxygens (including phenoxy) is 3. The molecule has 0 saturated carbocycles. The SMILES string of the molecule is CC1(C)N=NC(Oc2ccccc2)(Oc2ccc(C#N)cc2)O1. The largest absolute Gasteiger partial charge is 0.510 e. The number of rotatable bonds is 4. The lowest BCUT2D eigenvalue weighted by Crippen LogP contribution is -2.44. The van der Waals surface area contributed by atoms with Crippen LogP contribution in [0.15, 0.2) is 64.8 Å². The van der Waals surface area contributed by atoms with Crippen LogP contribution in [0.1, 0.15) is 19.4 Å². The van der Waals surface area contributed by atoms with Crippen LogP contribution in [0.25, 0.3) is 0 Å². The van der Waals surface area contributed by atoms with Crippen LogP contribution >= 0.6 is 0 Å². The molecule has 116 valence electrons. The van der Waals surface area contributed by atoms with Crippen LogP contribution < -0.4 is 9.47 Å². The van der Waals surface area contributed by atoms with E-state index in [-0.39, 0.29) is 0 Å². The van der Waals surface area contributed by atoms with Gasteiger partial charge in [-0.25, -0.2) is 0 Å². The number of hydrogen-bond donors (Lipinski definition) is 0. The molecule has 0 radical (unpaired) electrons. The summed E-state index contributed by atoms with van der Waals surface area (Å²) in [5, 5.41) is 16.9. The van der Waals surface area contributed by atoms with Crippen molar-refractivity contribution in [2.75, 3.05) is 0 Å². The second-order valence-corrected chi connectivity index (χ2v) is 5.43. The molecule has 3 rings (SSSR count). The maximum Gasteiger partial charge on any atom is 0.510 e. The van der Waals surface area contributed by atoms with Crippen molar-refractivity contribution in [2.45, 2.75) is 25.7 Å². The third-order valence-electron chi connectivity index (χ3n) is 3.01. The normalized spacial score (nSPS) is 21.6. The van der Waals surface area contributed by atoms with Crippen molar-refractivity contribution < 1.29 is 14.2 Å². The Morgan fingerprint density at radius 3 is 2.04 bits per heavy atom. The Hall–Kier alpha value is -2.91. The van der Waals surface area contributed by atoms with Gasteiger partial charge in [-0.15, -0.1) is 5.11 Å². The summed E-state index contributed by atoms with van der Waals surface area (Å²) in [6.07, 6.45) is -1.70. The summed E-state index contributed by atoms with van der Waals surface area (Å²) in [5.41, 5.74) is -0.328. The number of benzene rings is 2. The number of para-hydroxylation sites is 1. The van der Waals surface area contributed by atoms with Crippen molar-refractivity contribution in [1.82, 2.24) is 0 Å². The molecule has 0 N–H and O–H groups in total. The van der Waals surface area contributed by atoms with Crippen LogP contribution in [0, 0.1) is 11.3 Å². The van der Waals surface area contributed by atoms with E-state index in [1.54, 1.807) is 50.2 Å². The molecule has 0 aliphatic carbocycles. The van der Waals surface area contributed by atoms with Gasteiger partial charge in [0.05, 0.1) is 11.6 Å². The second kappa shape index (κ2) is 5.71. The smallest absolute Gasteiger partial charge is 0.410 e. The molecular formula is C17H15N3O3. The predicted molar refractivity (Wildman–Crippen MR) is 81.6 cm³/mol. The van der Waals surface area contributed by atoms with Crippen LogP contribution in [0.5, 0.6) is 11.5 Å². The number of nitriles is 1. The summed E-state index contributed by atoms with van der Waals surface area (Å²) >= 11 is 0. The Morgan fingerprint density at radius 2 is 1.52 bits per heavy atom. The molecule has 0 fully saturated rings. The van der Waals surface area contributed by atoms with Gasteiger partial charge >= 0.3 is 6.10 Å². The summed E-state index contributed by atoms with van der Waals surface area (Å²) in [5.74, 6) is 0.995. The molecule has 1 heterocycles. The molecule has 0 amide bonds. The van der Waals surface area contributed by atoms with E-state index in [2.05, 4.69) is 16.3 Å². The Balaban J connectivity index is 1.87. The quantitative estimate of drug-likeness (QED) is 0.804. The summed E-state index contributed by atoms with van der Waals surface area (Å²) in [4.78, 5) is 0. The molecular weight excluding hydrogens is 294 g/mol. The van der Waals surface area contributed by atoms with Gasteiger partial charge in [-0.05, 0) is 50.2 Å². The van der Waals surface area contributed by atoms with E-state index in [0.717, 1.165) is 0 Å². The third-order valence-corrected chi connectivity index (χ3v) is 3.01. The first-order valence-corrected chi connectivity index (χ1v) is 7.08. The monoisotopic (exact) mass is 309 g/mol. The summed E-state index contributed by atoms with van der Waals surface area (Å²) < 4.78 is 17.3. The molecule has 1 aliphatic heterocycles. The van der Waals surface area contributed by atoms with Crippen LogP contribution in [0.4, 0.5) is 0 Å². The highest BCUT2D eigenvalue weighted by Crippen LogP contribution is 2.35. The van der Waals surface area contributed by atoms with E-state index in [1.165, 1.54) is 0 Å². The topological polar surface area (TPSA) is 76.2 Å². The van der Waals surface area contributed by atoms with E-state index in [0.29, 0.717) is 17.1 Å². The first kappa shape index (κ1) is 15.0. The van der Waals surface area contributed by atoms with Gasteiger partial charge in [0, 0.05) is 0 Å². The van der Waals surface area contributed by atoms with Crippen molar-refractivity contribution in [1.29, 1.82) is 5.26 Å². The highest BCUT2D eigenvalue weighted by molar-refractivity contribution is 5.34. The lowest BCUT2D eigenvalue weighted by Gasteiger charge is -2.27. The van der Waals surface area contributed by atoms with Gasteiger partial charge in [0.2, 0.25) is 0 Å². The van der Waals surface area contributed by atoms with Crippen LogP contribution in [-0.2, 0) is 4.74 Å². The van der Waals surface area contributed by atoms with Crippen LogP contribution in [0.3, 0.4) is 0 Å².